The molecule has 1 aromatic carbocycles. The maximum atomic E-state index is 14.7. The molecule has 0 radical (unpaired) electrons. The maximum Gasteiger partial charge on any atom is 0.509 e. The number of ether oxygens (including phenoxy) is 7. The van der Waals surface area contributed by atoms with Crippen LogP contribution in [0.25, 0.3) is 17.3 Å². The van der Waals surface area contributed by atoms with Crippen molar-refractivity contribution in [3.05, 3.63) is 54.2 Å². The summed E-state index contributed by atoms with van der Waals surface area (Å²) < 4.78 is 43.4. The zero-order valence-electron chi connectivity index (χ0n) is 41.0. The smallest absolute Gasteiger partial charge is 0.458 e. The molecule has 0 spiro atoms. The molecule has 14 atom stereocenters. The summed E-state index contributed by atoms with van der Waals surface area (Å²) in [6.45, 7) is 17.4. The molecule has 2 amide bonds. The highest BCUT2D eigenvalue weighted by atomic mass is 16.8. The Hall–Kier alpha value is -5.17. The molecule has 3 aliphatic heterocycles. The van der Waals surface area contributed by atoms with Gasteiger partial charge in [0.25, 0.3) is 0 Å². The maximum absolute atomic E-state index is 14.7. The number of carbonyl (C=O) groups excluding carboxylic acids is 5. The van der Waals surface area contributed by atoms with Crippen molar-refractivity contribution in [2.45, 2.75) is 149 Å². The van der Waals surface area contributed by atoms with Gasteiger partial charge in [0.2, 0.25) is 0 Å². The van der Waals surface area contributed by atoms with Crippen LogP contribution in [0.1, 0.15) is 94.1 Å². The fourth-order valence-corrected chi connectivity index (χ4v) is 9.85. The molecule has 1 aromatic heterocycles. The van der Waals surface area contributed by atoms with Crippen molar-refractivity contribution in [1.29, 1.82) is 0 Å². The lowest BCUT2D eigenvalue weighted by atomic mass is 9.73. The number of aliphatic hydroxyl groups is 1. The van der Waals surface area contributed by atoms with Crippen LogP contribution in [0.15, 0.2) is 48.7 Å². The number of rotatable bonds is 12. The molecule has 4 heterocycles. The minimum atomic E-state index is -1.82. The summed E-state index contributed by atoms with van der Waals surface area (Å²) >= 11 is 0. The lowest BCUT2D eigenvalue weighted by Crippen LogP contribution is -2.61. The molecule has 370 valence electrons. The first kappa shape index (κ1) is 52.8. The van der Waals surface area contributed by atoms with Crippen LogP contribution in [0.3, 0.4) is 0 Å². The Bertz CT molecular complexity index is 2040. The standard InChI is InChI=1S/C49H71N5O13/c1-13-37-49(10)41(51-45(58)66-49)30(6)38(55)28(4)27-48(9,67-47(60)61-25-17-18-33-20-22-34(23-21-33)35-19-16-24-50-52-35)42(65-44-39(56)36(53(11)12)26-29(5)62-44)31(7)40(32(8)43(57)63-37)64-46(59)54(14-2)15-3/h16-24,28-32,36-37,39-42,44,56H,13-15,25-27H2,1-12H3,(H,51,58)/b18-17+/t28-,29-,30+,31+,32-,36+,37-,39-,40+,41-,42-,44+,48-,49-/m1/s1. The third-order valence-corrected chi connectivity index (χ3v) is 13.6. The van der Waals surface area contributed by atoms with Crippen LogP contribution in [0.4, 0.5) is 14.4 Å². The summed E-state index contributed by atoms with van der Waals surface area (Å²) in [5, 5.41) is 22.7. The molecule has 3 aliphatic rings. The Morgan fingerprint density at radius 3 is 2.28 bits per heavy atom. The minimum absolute atomic E-state index is 0.186. The SMILES string of the molecule is CC[C@H]1OC(=O)[C@H](C)[C@@H](OC(=O)N(CC)CC)[C@H](C)[C@@H](O[C@@H]2O[C@H](C)C[C@H](N(C)C)[C@H]2O)[C@](C)(OC(=O)OC/C=C/c2ccc(-c3cccnn3)cc2)C[C@@H](C)C(=O)[C@H](C)[C@H]2NC(=O)O[C@@]21C. The Labute approximate surface area is 394 Å². The number of alkyl carbamates (subject to hydrolysis) is 1. The summed E-state index contributed by atoms with van der Waals surface area (Å²) in [7, 11) is 3.66. The van der Waals surface area contributed by atoms with Crippen molar-refractivity contribution >= 4 is 36.2 Å². The molecule has 0 saturated carbocycles. The molecule has 18 nitrogen and oxygen atoms in total. The van der Waals surface area contributed by atoms with Gasteiger partial charge in [0.15, 0.2) is 11.9 Å². The number of Topliss-reactive ketones (excluding diaryl/α,β-unsaturated/α-hetero) is 1. The van der Waals surface area contributed by atoms with Crippen molar-refractivity contribution in [3.63, 3.8) is 0 Å². The second-order valence-corrected chi connectivity index (χ2v) is 18.7. The monoisotopic (exact) mass is 938 g/mol. The topological polar surface area (TPSA) is 214 Å². The van der Waals surface area contributed by atoms with Crippen molar-refractivity contribution < 1.29 is 62.2 Å². The number of cyclic esters (lactones) is 1. The minimum Gasteiger partial charge on any atom is -0.458 e. The third kappa shape index (κ3) is 12.3. The number of carbonyl (C=O) groups is 5. The van der Waals surface area contributed by atoms with E-state index in [-0.39, 0.29) is 25.2 Å². The predicted octanol–water partition coefficient (Wildman–Crippen LogP) is 6.43. The van der Waals surface area contributed by atoms with Gasteiger partial charge in [-0.25, -0.2) is 14.4 Å². The number of esters is 1. The number of benzene rings is 1. The number of hydrogen-bond donors (Lipinski definition) is 2. The van der Waals surface area contributed by atoms with Gasteiger partial charge < -0.3 is 53.4 Å². The number of aromatic nitrogens is 2. The van der Waals surface area contributed by atoms with Crippen LogP contribution < -0.4 is 5.32 Å². The number of ketones is 1. The number of likely N-dealkylation sites (N-methyl/N-ethyl adjacent to an activating group) is 1. The van der Waals surface area contributed by atoms with Crippen LogP contribution in [0.5, 0.6) is 0 Å². The molecule has 0 aliphatic carbocycles. The van der Waals surface area contributed by atoms with Crippen LogP contribution in [-0.2, 0) is 42.7 Å². The average Bonchev–Trinajstić information content (AvgIpc) is 3.61. The van der Waals surface area contributed by atoms with Gasteiger partial charge in [0.05, 0.1) is 23.8 Å². The number of aliphatic hydroxyl groups excluding tert-OH is 1. The molecule has 3 fully saturated rings. The predicted molar refractivity (Wildman–Crippen MR) is 246 cm³/mol. The summed E-state index contributed by atoms with van der Waals surface area (Å²) in [6, 6.07) is 9.88. The lowest BCUT2D eigenvalue weighted by molar-refractivity contribution is -0.299. The lowest BCUT2D eigenvalue weighted by Gasteiger charge is -2.48. The summed E-state index contributed by atoms with van der Waals surface area (Å²) in [5.41, 5.74) is -0.870. The van der Waals surface area contributed by atoms with Gasteiger partial charge in [-0.2, -0.15) is 10.2 Å². The molecule has 5 rings (SSSR count). The Balaban J connectivity index is 1.58. The van der Waals surface area contributed by atoms with E-state index in [0.717, 1.165) is 16.8 Å². The number of nitrogens with zero attached hydrogens (tertiary/aromatic N) is 4. The molecule has 2 aromatic rings. The van der Waals surface area contributed by atoms with Crippen LogP contribution in [-0.4, -0.2) is 149 Å². The van der Waals surface area contributed by atoms with Gasteiger partial charge in [-0.3, -0.25) is 9.59 Å². The van der Waals surface area contributed by atoms with Gasteiger partial charge in [0.1, 0.15) is 42.4 Å². The van der Waals surface area contributed by atoms with Gasteiger partial charge in [0, 0.05) is 48.6 Å². The first-order valence-corrected chi connectivity index (χ1v) is 23.4. The van der Waals surface area contributed by atoms with Crippen LogP contribution in [0, 0.1) is 23.7 Å². The zero-order valence-corrected chi connectivity index (χ0v) is 41.0. The zero-order chi connectivity index (χ0) is 49.4. The van der Waals surface area contributed by atoms with Crippen molar-refractivity contribution in [1.82, 2.24) is 25.3 Å². The van der Waals surface area contributed by atoms with E-state index in [9.17, 15) is 29.1 Å². The quantitative estimate of drug-likeness (QED) is 0.173. The van der Waals surface area contributed by atoms with Crippen LogP contribution >= 0.6 is 0 Å². The number of fused-ring (bicyclic) bond motifs is 1. The second kappa shape index (κ2) is 22.8. The van der Waals surface area contributed by atoms with Gasteiger partial charge in [-0.1, -0.05) is 58.0 Å². The van der Waals surface area contributed by atoms with E-state index in [4.69, 9.17) is 33.2 Å². The van der Waals surface area contributed by atoms with Crippen molar-refractivity contribution in [3.8, 4) is 11.3 Å². The molecular formula is C49H71N5O13. The van der Waals surface area contributed by atoms with Crippen LogP contribution in [0.2, 0.25) is 0 Å². The third-order valence-electron chi connectivity index (χ3n) is 13.6. The molecule has 0 bridgehead atoms. The summed E-state index contributed by atoms with van der Waals surface area (Å²) in [4.78, 5) is 73.5. The van der Waals surface area contributed by atoms with E-state index in [0.29, 0.717) is 19.5 Å². The van der Waals surface area contributed by atoms with E-state index >= 15 is 0 Å². The molecule has 18 heteroatoms. The molecule has 67 heavy (non-hydrogen) atoms. The van der Waals surface area contributed by atoms with Gasteiger partial charge >= 0.3 is 24.3 Å². The molecular weight excluding hydrogens is 867 g/mol. The van der Waals surface area contributed by atoms with Crippen molar-refractivity contribution in [2.24, 2.45) is 23.7 Å². The Kier molecular flexibility index (Phi) is 17.9. The largest absolute Gasteiger partial charge is 0.509 e. The summed E-state index contributed by atoms with van der Waals surface area (Å²) in [6.07, 6.45) is -3.70. The fraction of sp³-hybridized carbons (Fsp3) is 0.653. The highest BCUT2D eigenvalue weighted by molar-refractivity contribution is 5.85. The van der Waals surface area contributed by atoms with Gasteiger partial charge in [-0.15, -0.1) is 0 Å². The molecule has 2 N–H and O–H groups in total. The second-order valence-electron chi connectivity index (χ2n) is 18.7. The van der Waals surface area contributed by atoms with E-state index in [1.165, 1.54) is 4.90 Å². The summed E-state index contributed by atoms with van der Waals surface area (Å²) in [5.74, 6) is -5.11. The Morgan fingerprint density at radius 1 is 0.985 bits per heavy atom. The highest BCUT2D eigenvalue weighted by Gasteiger charge is 2.58. The van der Waals surface area contributed by atoms with Crippen molar-refractivity contribution in [2.75, 3.05) is 33.8 Å². The molecule has 0 unspecified atom stereocenters. The molecule has 3 saturated heterocycles. The fourth-order valence-electron chi connectivity index (χ4n) is 9.85. The number of hydrogen-bond acceptors (Lipinski definition) is 16. The van der Waals surface area contributed by atoms with Gasteiger partial charge in [-0.05, 0) is 98.7 Å². The van der Waals surface area contributed by atoms with E-state index < -0.39 is 108 Å². The van der Waals surface area contributed by atoms with E-state index in [1.54, 1.807) is 86.7 Å². The average molecular weight is 938 g/mol. The van der Waals surface area contributed by atoms with E-state index in [1.807, 2.05) is 56.3 Å². The van der Waals surface area contributed by atoms with E-state index in [2.05, 4.69) is 15.5 Å². The first-order chi connectivity index (χ1) is 31.7. The highest BCUT2D eigenvalue weighted by Crippen LogP contribution is 2.42. The number of amides is 2. The number of nitrogens with one attached hydrogen (secondary N) is 1. The Morgan fingerprint density at radius 2 is 1.67 bits per heavy atom. The normalized spacial score (nSPS) is 34.0. The first-order valence-electron chi connectivity index (χ1n) is 23.4.